The van der Waals surface area contributed by atoms with Crippen molar-refractivity contribution in [2.75, 3.05) is 12.5 Å². The van der Waals surface area contributed by atoms with Crippen LogP contribution in [0.25, 0.3) is 0 Å². The molecule has 0 rings (SSSR count). The molecule has 0 fully saturated rings. The molecule has 0 amide bonds. The Morgan fingerprint density at radius 3 is 0.389 bits per heavy atom. The van der Waals surface area contributed by atoms with Gasteiger partial charge in [-0.15, -0.1) is 0 Å². The van der Waals surface area contributed by atoms with E-state index in [-0.39, 0.29) is 34.1 Å². The van der Waals surface area contributed by atoms with Crippen LogP contribution in [-0.4, -0.2) is 12.5 Å². The molecule has 0 spiro atoms. The summed E-state index contributed by atoms with van der Waals surface area (Å²) in [7, 11) is 0. The van der Waals surface area contributed by atoms with Crippen LogP contribution in [0.4, 0.5) is 0 Å². The van der Waals surface area contributed by atoms with Gasteiger partial charge in [-0.25, -0.2) is 0 Å². The molecule has 0 aliphatic heterocycles. The smallest absolute Gasteiger partial charge is 3.00 e. The molecular weight excluding hydrogens is 368 g/mol. The maximum Gasteiger partial charge on any atom is 3.00 e. The summed E-state index contributed by atoms with van der Waals surface area (Å²) in [6, 6.07) is 0. The Morgan fingerprint density at radius 1 is 0.389 bits per heavy atom. The molecule has 0 saturated heterocycles. The zero-order chi connectivity index (χ0) is 16.0. The van der Waals surface area contributed by atoms with Crippen LogP contribution in [-0.2, 0) is 87.3 Å². The topological polar surface area (TPSA) is 119 Å². The molecule has 10 heteroatoms. The summed E-state index contributed by atoms with van der Waals surface area (Å²) < 4.78 is 45.0. The zero-order valence-corrected chi connectivity index (χ0v) is 13.4. The molecule has 0 N–H and O–H groups in total. The minimum Gasteiger partial charge on any atom is 3.00 e. The SMILES string of the molecule is C[SH2+].C[SH2+].[C-]#[O+].[C-]#[O+].[C-]#[O+].[C-]#[O+].[C-]#[O+].[C-]#[O+].[Fe+3].[Fe+3]. The molecule has 2 radical (unpaired) electrons. The molecule has 0 aliphatic carbocycles. The van der Waals surface area contributed by atoms with Gasteiger partial charge >= 0.3 is 102 Å². The van der Waals surface area contributed by atoms with E-state index in [1.165, 1.54) is 0 Å². The van der Waals surface area contributed by atoms with Crippen LogP contribution in [0, 0.1) is 39.9 Å². The van der Waals surface area contributed by atoms with Crippen molar-refractivity contribution in [1.29, 1.82) is 0 Å². The average Bonchev–Trinajstić information content (AvgIpc) is 2.54. The van der Waals surface area contributed by atoms with Crippen molar-refractivity contribution in [3.05, 3.63) is 39.9 Å². The van der Waals surface area contributed by atoms with Crippen molar-refractivity contribution in [3.63, 3.8) is 0 Å². The van der Waals surface area contributed by atoms with Gasteiger partial charge in [-0.2, -0.15) is 0 Å². The maximum atomic E-state index is 7.50. The standard InChI is InChI=1S/6CO.2CH4S.2Fe/c8*1-2;;/h;;;;;;2*2H,1H3;;/q;;;;;;;;2*+3/p+2. The van der Waals surface area contributed by atoms with Crippen LogP contribution in [0.1, 0.15) is 0 Å². The third kappa shape index (κ3) is 116000. The molecule has 0 unspecified atom stereocenters. The zero-order valence-electron chi connectivity index (χ0n) is 9.16. The van der Waals surface area contributed by atoms with Crippen molar-refractivity contribution in [2.45, 2.75) is 0 Å². The minimum atomic E-state index is 0. The molecule has 98 valence electrons. The molecule has 0 saturated carbocycles. The van der Waals surface area contributed by atoms with Gasteiger partial charge in [-0.1, -0.05) is 0 Å². The van der Waals surface area contributed by atoms with Gasteiger partial charge in [0, 0.05) is 0 Å². The number of hydrogen-bond acceptors (Lipinski definition) is 0. The summed E-state index contributed by atoms with van der Waals surface area (Å²) in [5, 5.41) is 0. The van der Waals surface area contributed by atoms with Crippen molar-refractivity contribution in [3.8, 4) is 0 Å². The van der Waals surface area contributed by atoms with Gasteiger partial charge in [0.1, 0.15) is 0 Å². The molecule has 0 aromatic heterocycles. The van der Waals surface area contributed by atoms with E-state index < -0.39 is 0 Å². The van der Waals surface area contributed by atoms with Crippen LogP contribution < -0.4 is 0 Å². The Hall–Kier alpha value is 0.179. The third-order valence-corrected chi connectivity index (χ3v) is 0. The third-order valence-electron chi connectivity index (χ3n) is 0. The molecule has 18 heavy (non-hydrogen) atoms. The fourth-order valence-corrected chi connectivity index (χ4v) is 0. The summed E-state index contributed by atoms with van der Waals surface area (Å²) >= 11 is 5.94. The van der Waals surface area contributed by atoms with Crippen LogP contribution in [0.5, 0.6) is 0 Å². The normalized spacial score (nSPS) is 1.33. The Labute approximate surface area is 139 Å². The molecule has 6 nitrogen and oxygen atoms in total. The first-order valence-corrected chi connectivity index (χ1v) is 4.22. The van der Waals surface area contributed by atoms with E-state index in [1.54, 1.807) is 12.5 Å². The van der Waals surface area contributed by atoms with E-state index in [9.17, 15) is 0 Å². The summed E-state index contributed by atoms with van der Waals surface area (Å²) in [6.45, 7) is 27.0. The Bertz CT molecular complexity index is 107. The van der Waals surface area contributed by atoms with Crippen molar-refractivity contribution < 1.29 is 62.1 Å². The number of rotatable bonds is 0. The fraction of sp³-hybridized carbons (Fsp3) is 0.250. The average molecular weight is 378 g/mol. The van der Waals surface area contributed by atoms with E-state index in [4.69, 9.17) is 27.9 Å². The second kappa shape index (κ2) is 140000. The second-order valence-electron chi connectivity index (χ2n) is 0. The first kappa shape index (κ1) is 80.2. The van der Waals surface area contributed by atoms with Crippen LogP contribution in [0.3, 0.4) is 0 Å². The van der Waals surface area contributed by atoms with Gasteiger partial charge in [0.15, 0.2) is 0 Å². The van der Waals surface area contributed by atoms with Crippen LogP contribution in [0.15, 0.2) is 0 Å². The molecule has 0 bridgehead atoms. The van der Waals surface area contributed by atoms with E-state index >= 15 is 0 Å². The predicted molar refractivity (Wildman–Crippen MR) is 55.7 cm³/mol. The van der Waals surface area contributed by atoms with E-state index in [0.29, 0.717) is 0 Å². The predicted octanol–water partition coefficient (Wildman–Crippen LogP) is -0.975. The fourth-order valence-electron chi connectivity index (χ4n) is 0. The first-order chi connectivity index (χ1) is 8.00. The second-order valence-corrected chi connectivity index (χ2v) is 0. The van der Waals surface area contributed by atoms with Gasteiger partial charge in [0.05, 0.1) is 12.5 Å². The van der Waals surface area contributed by atoms with Gasteiger partial charge < -0.3 is 0 Å². The molecule has 0 heterocycles. The molecule has 0 atom stereocenters. The van der Waals surface area contributed by atoms with Crippen molar-refractivity contribution in [2.24, 2.45) is 0 Å². The summed E-state index contributed by atoms with van der Waals surface area (Å²) in [5.41, 5.74) is 0. The van der Waals surface area contributed by atoms with Crippen LogP contribution >= 0.6 is 0 Å². The van der Waals surface area contributed by atoms with E-state index in [0.717, 1.165) is 0 Å². The van der Waals surface area contributed by atoms with E-state index in [1.807, 2.05) is 0 Å². The first-order valence-electron chi connectivity index (χ1n) is 2.22. The Balaban J connectivity index is -0.00000000500. The van der Waals surface area contributed by atoms with E-state index in [2.05, 4.69) is 65.2 Å². The summed E-state index contributed by atoms with van der Waals surface area (Å²) in [5.74, 6) is 0. The van der Waals surface area contributed by atoms with Gasteiger partial charge in [-0.3, -0.25) is 0 Å². The van der Waals surface area contributed by atoms with Crippen LogP contribution in [0.2, 0.25) is 0 Å². The summed E-state index contributed by atoms with van der Waals surface area (Å²) in [6.07, 6.45) is 3.61. The summed E-state index contributed by atoms with van der Waals surface area (Å²) in [4.78, 5) is 0. The van der Waals surface area contributed by atoms with Gasteiger partial charge in [-0.05, 0) is 25.3 Å². The van der Waals surface area contributed by atoms with Gasteiger partial charge in [0.2, 0.25) is 0 Å². The minimum absolute atomic E-state index is 0. The number of hydrogen-bond donors (Lipinski definition) is 0. The van der Waals surface area contributed by atoms with Gasteiger partial charge in [0.25, 0.3) is 0 Å². The van der Waals surface area contributed by atoms with Crippen molar-refractivity contribution >= 4 is 25.3 Å². The Kier molecular flexibility index (Phi) is 626000. The molecule has 0 aromatic carbocycles. The largest absolute Gasteiger partial charge is 3.00 e. The maximum absolute atomic E-state index is 7.50. The Morgan fingerprint density at radius 2 is 0.389 bits per heavy atom. The van der Waals surface area contributed by atoms with Crippen molar-refractivity contribution in [1.82, 2.24) is 0 Å². The molecule has 0 aromatic rings. The molecule has 0 aliphatic rings. The molecular formula is C8H10Fe2O6S2+8. The monoisotopic (exact) mass is 378 g/mol. The quantitative estimate of drug-likeness (QED) is 0.293.